The Morgan fingerprint density at radius 2 is 1.93 bits per heavy atom. The SMILES string of the molecule is C=C(F)C(=O)N1CCN(c2nc(OC[C@@H]3CCCN3C)nc3c2CCN(c2cccc4cccc(C)c24)C3)[C@@H](C)C1. The molecule has 9 heteroatoms. The minimum absolute atomic E-state index is 0.0430. The van der Waals surface area contributed by atoms with Crippen LogP contribution in [0.1, 0.15) is 36.6 Å². The smallest absolute Gasteiger partial charge is 0.318 e. The first-order chi connectivity index (χ1) is 19.8. The summed E-state index contributed by atoms with van der Waals surface area (Å²) in [6.07, 6.45) is 3.08. The first-order valence-corrected chi connectivity index (χ1v) is 14.7. The number of carbonyl (C=O) groups is 1. The van der Waals surface area contributed by atoms with Crippen LogP contribution in [0.5, 0.6) is 6.01 Å². The van der Waals surface area contributed by atoms with Gasteiger partial charge in [0, 0.05) is 54.9 Å². The van der Waals surface area contributed by atoms with E-state index < -0.39 is 11.7 Å². The van der Waals surface area contributed by atoms with E-state index in [4.69, 9.17) is 14.7 Å². The highest BCUT2D eigenvalue weighted by Crippen LogP contribution is 2.36. The number of aryl methyl sites for hydroxylation is 1. The van der Waals surface area contributed by atoms with Crippen LogP contribution in [0.2, 0.25) is 0 Å². The van der Waals surface area contributed by atoms with Crippen molar-refractivity contribution in [1.82, 2.24) is 19.8 Å². The van der Waals surface area contributed by atoms with Crippen molar-refractivity contribution in [3.8, 4) is 6.01 Å². The largest absolute Gasteiger partial charge is 0.462 e. The maximum Gasteiger partial charge on any atom is 0.318 e. The highest BCUT2D eigenvalue weighted by molar-refractivity contribution is 5.97. The van der Waals surface area contributed by atoms with Gasteiger partial charge in [-0.05, 0) is 63.7 Å². The zero-order valence-electron chi connectivity index (χ0n) is 24.3. The Bertz CT molecular complexity index is 1470. The molecule has 0 spiro atoms. The molecule has 1 amide bonds. The number of halogens is 1. The van der Waals surface area contributed by atoms with Crippen molar-refractivity contribution in [3.05, 3.63) is 65.6 Å². The van der Waals surface area contributed by atoms with Gasteiger partial charge in [-0.1, -0.05) is 36.9 Å². The number of likely N-dealkylation sites (tertiary alicyclic amines) is 1. The Balaban J connectivity index is 1.33. The third kappa shape index (κ3) is 5.35. The van der Waals surface area contributed by atoms with Crippen molar-refractivity contribution in [3.63, 3.8) is 0 Å². The molecule has 0 saturated carbocycles. The Hall–Kier alpha value is -3.72. The molecule has 0 unspecified atom stereocenters. The van der Waals surface area contributed by atoms with Crippen molar-refractivity contribution in [2.24, 2.45) is 0 Å². The molecule has 2 saturated heterocycles. The van der Waals surface area contributed by atoms with Crippen LogP contribution in [0.4, 0.5) is 15.9 Å². The molecule has 2 fully saturated rings. The molecule has 0 radical (unpaired) electrons. The summed E-state index contributed by atoms with van der Waals surface area (Å²) in [6, 6.07) is 13.6. The normalized spacial score (nSPS) is 21.3. The van der Waals surface area contributed by atoms with Gasteiger partial charge in [-0.15, -0.1) is 0 Å². The number of likely N-dealkylation sites (N-methyl/N-ethyl adjacent to an activating group) is 1. The average Bonchev–Trinajstić information content (AvgIpc) is 3.39. The first-order valence-electron chi connectivity index (χ1n) is 14.7. The third-order valence-electron chi connectivity index (χ3n) is 8.95. The molecule has 0 bridgehead atoms. The van der Waals surface area contributed by atoms with Crippen LogP contribution in [0, 0.1) is 6.92 Å². The zero-order valence-corrected chi connectivity index (χ0v) is 24.3. The van der Waals surface area contributed by atoms with Crippen LogP contribution in [-0.4, -0.2) is 84.1 Å². The molecule has 216 valence electrons. The summed E-state index contributed by atoms with van der Waals surface area (Å²) in [5.41, 5.74) is 4.58. The maximum absolute atomic E-state index is 13.6. The zero-order chi connectivity index (χ0) is 28.7. The Morgan fingerprint density at radius 1 is 1.12 bits per heavy atom. The van der Waals surface area contributed by atoms with Gasteiger partial charge in [0.25, 0.3) is 5.91 Å². The number of piperazine rings is 1. The van der Waals surface area contributed by atoms with Gasteiger partial charge in [-0.25, -0.2) is 4.39 Å². The highest BCUT2D eigenvalue weighted by Gasteiger charge is 2.33. The molecule has 3 aliphatic rings. The lowest BCUT2D eigenvalue weighted by atomic mass is 9.99. The van der Waals surface area contributed by atoms with E-state index in [0.29, 0.717) is 44.8 Å². The number of hydrogen-bond acceptors (Lipinski definition) is 7. The third-order valence-corrected chi connectivity index (χ3v) is 8.95. The Kier molecular flexibility index (Phi) is 7.55. The van der Waals surface area contributed by atoms with Crippen LogP contribution < -0.4 is 14.5 Å². The van der Waals surface area contributed by atoms with E-state index >= 15 is 0 Å². The standard InChI is InChI=1S/C32H39FN6O2/c1-21-8-5-9-24-10-6-12-28(29(21)24)37-15-13-26-27(19-37)34-32(41-20-25-11-7-14-36(25)4)35-30(26)39-17-16-38(18-22(39)2)31(40)23(3)33/h5-6,8-10,12,22,25H,3,7,11,13-20H2,1-2,4H3/t22-,25-/m0/s1. The molecule has 0 N–H and O–H groups in total. The van der Waals surface area contributed by atoms with Crippen molar-refractivity contribution in [1.29, 1.82) is 0 Å². The Labute approximate surface area is 241 Å². The molecule has 1 aromatic heterocycles. The summed E-state index contributed by atoms with van der Waals surface area (Å²) in [5, 5.41) is 2.51. The number of hydrogen-bond donors (Lipinski definition) is 0. The lowest BCUT2D eigenvalue weighted by molar-refractivity contribution is -0.129. The molecule has 2 aromatic carbocycles. The maximum atomic E-state index is 13.6. The van der Waals surface area contributed by atoms with Gasteiger partial charge < -0.3 is 24.3 Å². The molecular weight excluding hydrogens is 519 g/mol. The van der Waals surface area contributed by atoms with Gasteiger partial charge >= 0.3 is 6.01 Å². The lowest BCUT2D eigenvalue weighted by Gasteiger charge is -2.42. The van der Waals surface area contributed by atoms with Crippen LogP contribution in [0.15, 0.2) is 48.8 Å². The summed E-state index contributed by atoms with van der Waals surface area (Å²) in [7, 11) is 2.14. The van der Waals surface area contributed by atoms with E-state index in [1.165, 1.54) is 33.3 Å². The molecule has 3 aliphatic heterocycles. The predicted octanol–water partition coefficient (Wildman–Crippen LogP) is 4.49. The van der Waals surface area contributed by atoms with Gasteiger partial charge in [0.1, 0.15) is 12.4 Å². The van der Waals surface area contributed by atoms with Crippen LogP contribution in [0.25, 0.3) is 10.8 Å². The number of ether oxygens (including phenoxy) is 1. The fourth-order valence-electron chi connectivity index (χ4n) is 6.65. The van der Waals surface area contributed by atoms with E-state index in [2.05, 4.69) is 78.6 Å². The van der Waals surface area contributed by atoms with Crippen LogP contribution in [-0.2, 0) is 17.8 Å². The number of anilines is 2. The minimum Gasteiger partial charge on any atom is -0.462 e. The van der Waals surface area contributed by atoms with Gasteiger partial charge in [0.2, 0.25) is 0 Å². The van der Waals surface area contributed by atoms with Crippen molar-refractivity contribution < 1.29 is 13.9 Å². The van der Waals surface area contributed by atoms with E-state index in [-0.39, 0.29) is 6.04 Å². The van der Waals surface area contributed by atoms with E-state index in [1.807, 2.05) is 0 Å². The summed E-state index contributed by atoms with van der Waals surface area (Å²) in [6.45, 7) is 11.9. The van der Waals surface area contributed by atoms with Gasteiger partial charge in [-0.3, -0.25) is 4.79 Å². The minimum atomic E-state index is -0.915. The molecular formula is C32H39FN6O2. The number of aromatic nitrogens is 2. The number of carbonyl (C=O) groups excluding carboxylic acids is 1. The molecule has 3 aromatic rings. The summed E-state index contributed by atoms with van der Waals surface area (Å²) >= 11 is 0. The summed E-state index contributed by atoms with van der Waals surface area (Å²) in [4.78, 5) is 30.7. The van der Waals surface area contributed by atoms with Crippen LogP contribution in [0.3, 0.4) is 0 Å². The highest BCUT2D eigenvalue weighted by atomic mass is 19.1. The number of amides is 1. The molecule has 4 heterocycles. The molecule has 0 aliphatic carbocycles. The fraction of sp³-hybridized carbons (Fsp3) is 0.469. The monoisotopic (exact) mass is 558 g/mol. The molecule has 8 nitrogen and oxygen atoms in total. The number of benzene rings is 2. The van der Waals surface area contributed by atoms with E-state index in [1.54, 1.807) is 0 Å². The van der Waals surface area contributed by atoms with Crippen molar-refractivity contribution in [2.45, 2.75) is 51.7 Å². The number of fused-ring (bicyclic) bond motifs is 2. The number of rotatable bonds is 6. The van der Waals surface area contributed by atoms with Crippen LogP contribution >= 0.6 is 0 Å². The molecule has 6 rings (SSSR count). The summed E-state index contributed by atoms with van der Waals surface area (Å²) in [5.74, 6) is -0.675. The fourth-order valence-corrected chi connectivity index (χ4v) is 6.65. The number of nitrogens with zero attached hydrogens (tertiary/aromatic N) is 6. The topological polar surface area (TPSA) is 65.0 Å². The van der Waals surface area contributed by atoms with Crippen molar-refractivity contribution in [2.75, 3.05) is 56.2 Å². The molecule has 2 atom stereocenters. The van der Waals surface area contributed by atoms with Gasteiger partial charge in [0.05, 0.1) is 12.2 Å². The lowest BCUT2D eigenvalue weighted by Crippen LogP contribution is -2.54. The second-order valence-corrected chi connectivity index (χ2v) is 11.7. The van der Waals surface area contributed by atoms with E-state index in [0.717, 1.165) is 43.0 Å². The predicted molar refractivity (Wildman–Crippen MR) is 160 cm³/mol. The van der Waals surface area contributed by atoms with Gasteiger partial charge in [-0.2, -0.15) is 9.97 Å². The summed E-state index contributed by atoms with van der Waals surface area (Å²) < 4.78 is 19.9. The molecule has 41 heavy (non-hydrogen) atoms. The Morgan fingerprint density at radius 3 is 2.66 bits per heavy atom. The first kappa shape index (κ1) is 27.4. The van der Waals surface area contributed by atoms with Crippen molar-refractivity contribution >= 4 is 28.2 Å². The quantitative estimate of drug-likeness (QED) is 0.413. The second kappa shape index (κ2) is 11.3. The van der Waals surface area contributed by atoms with E-state index in [9.17, 15) is 9.18 Å². The van der Waals surface area contributed by atoms with Gasteiger partial charge in [0.15, 0.2) is 5.83 Å². The second-order valence-electron chi connectivity index (χ2n) is 11.7. The average molecular weight is 559 g/mol.